The largest absolute Gasteiger partial charge is 0.496 e. The molecule has 3 rings (SSSR count). The molecule has 8 heteroatoms. The third-order valence-electron chi connectivity index (χ3n) is 6.54. The number of nitrogens with zero attached hydrogens (tertiary/aromatic N) is 1. The highest BCUT2D eigenvalue weighted by atomic mass is 16.5. The van der Waals surface area contributed by atoms with Gasteiger partial charge in [0.15, 0.2) is 0 Å². The number of carbonyl (C=O) groups excluding carboxylic acids is 2. The summed E-state index contributed by atoms with van der Waals surface area (Å²) in [4.78, 5) is 30.0. The number of hydrogen-bond donors (Lipinski definition) is 3. The van der Waals surface area contributed by atoms with Gasteiger partial charge in [-0.15, -0.1) is 0 Å². The second-order valence-corrected chi connectivity index (χ2v) is 10.5. The maximum absolute atomic E-state index is 13.1. The van der Waals surface area contributed by atoms with E-state index < -0.39 is 6.09 Å². The highest BCUT2D eigenvalue weighted by Gasteiger charge is 2.37. The number of alkyl carbamates (subject to hydrolysis) is 1. The molecule has 2 aromatic rings. The van der Waals surface area contributed by atoms with Crippen LogP contribution in [0.4, 0.5) is 4.79 Å². The van der Waals surface area contributed by atoms with Crippen LogP contribution in [0.15, 0.2) is 59.6 Å². The lowest BCUT2D eigenvalue weighted by molar-refractivity contribution is 0.0932. The molecule has 0 saturated heterocycles. The Morgan fingerprint density at radius 1 is 1.03 bits per heavy atom. The van der Waals surface area contributed by atoms with Crippen LogP contribution in [0.3, 0.4) is 0 Å². The fourth-order valence-electron chi connectivity index (χ4n) is 4.72. The first kappa shape index (κ1) is 28.0. The van der Waals surface area contributed by atoms with Crippen LogP contribution in [-0.4, -0.2) is 49.8 Å². The number of carbonyl (C=O) groups is 2. The molecule has 0 aliphatic heterocycles. The fourth-order valence-corrected chi connectivity index (χ4v) is 4.72. The van der Waals surface area contributed by atoms with E-state index in [9.17, 15) is 9.59 Å². The van der Waals surface area contributed by atoms with Gasteiger partial charge in [0.1, 0.15) is 5.75 Å². The van der Waals surface area contributed by atoms with Gasteiger partial charge in [-0.3, -0.25) is 10.1 Å². The van der Waals surface area contributed by atoms with Crippen molar-refractivity contribution in [2.24, 2.45) is 4.99 Å². The van der Waals surface area contributed by atoms with E-state index in [0.717, 1.165) is 25.7 Å². The van der Waals surface area contributed by atoms with Crippen molar-refractivity contribution >= 4 is 18.0 Å². The van der Waals surface area contributed by atoms with Gasteiger partial charge in [-0.05, 0) is 71.1 Å². The molecule has 0 atom stereocenters. The molecule has 0 aromatic heterocycles. The Bertz CT molecular complexity index is 1070. The van der Waals surface area contributed by atoms with Crippen LogP contribution in [-0.2, 0) is 10.2 Å². The van der Waals surface area contributed by atoms with Gasteiger partial charge in [-0.2, -0.15) is 0 Å². The molecule has 0 spiro atoms. The topological polar surface area (TPSA) is 101 Å². The van der Waals surface area contributed by atoms with Crippen LogP contribution >= 0.6 is 0 Å². The first-order valence-electron chi connectivity index (χ1n) is 12.9. The number of hydrogen-bond acceptors (Lipinski definition) is 5. The van der Waals surface area contributed by atoms with Gasteiger partial charge in [0, 0.05) is 17.5 Å². The third-order valence-corrected chi connectivity index (χ3v) is 6.54. The highest BCUT2D eigenvalue weighted by molar-refractivity contribution is 5.97. The Morgan fingerprint density at radius 2 is 1.68 bits per heavy atom. The minimum Gasteiger partial charge on any atom is -0.496 e. The summed E-state index contributed by atoms with van der Waals surface area (Å²) in [5.74, 6) is 0.829. The first-order chi connectivity index (χ1) is 17.7. The molecule has 0 bridgehead atoms. The van der Waals surface area contributed by atoms with E-state index in [-0.39, 0.29) is 29.5 Å². The van der Waals surface area contributed by atoms with Gasteiger partial charge in [0.2, 0.25) is 5.96 Å². The lowest BCUT2D eigenvalue weighted by atomic mass is 9.68. The molecule has 37 heavy (non-hydrogen) atoms. The van der Waals surface area contributed by atoms with Gasteiger partial charge >= 0.3 is 6.09 Å². The summed E-state index contributed by atoms with van der Waals surface area (Å²) in [5.41, 5.74) is 1.24. The maximum Gasteiger partial charge on any atom is 0.413 e. The summed E-state index contributed by atoms with van der Waals surface area (Å²) < 4.78 is 10.4. The number of rotatable bonds is 7. The summed E-state index contributed by atoms with van der Waals surface area (Å²) in [6.07, 6.45) is 2.81. The highest BCUT2D eigenvalue weighted by Crippen LogP contribution is 2.40. The molecular formula is C29H40N4O4. The molecule has 3 N–H and O–H groups in total. The van der Waals surface area contributed by atoms with Crippen LogP contribution in [0, 0.1) is 0 Å². The lowest BCUT2D eigenvalue weighted by Gasteiger charge is -2.40. The zero-order valence-electron chi connectivity index (χ0n) is 22.6. The molecule has 8 nitrogen and oxygen atoms in total. The van der Waals surface area contributed by atoms with E-state index in [1.165, 1.54) is 5.56 Å². The third kappa shape index (κ3) is 7.97. The number of guanidine groups is 1. The van der Waals surface area contributed by atoms with Crippen LogP contribution in [0.5, 0.6) is 5.75 Å². The SMILES string of the molecule is CCOC(=O)NC(=NC1CCC(CNC(=O)c2ccccc2OC)(c2ccccc2)CC1)NC(C)(C)C. The van der Waals surface area contributed by atoms with E-state index in [1.54, 1.807) is 26.2 Å². The summed E-state index contributed by atoms with van der Waals surface area (Å²) >= 11 is 0. The molecule has 1 aliphatic rings. The van der Waals surface area contributed by atoms with Crippen molar-refractivity contribution in [3.05, 3.63) is 65.7 Å². The van der Waals surface area contributed by atoms with Gasteiger partial charge in [-0.1, -0.05) is 42.5 Å². The number of aliphatic imine (C=N–C) groups is 1. The van der Waals surface area contributed by atoms with Gasteiger partial charge in [0.05, 0.1) is 25.3 Å². The lowest BCUT2D eigenvalue weighted by Crippen LogP contribution is -2.50. The smallest absolute Gasteiger partial charge is 0.413 e. The van der Waals surface area contributed by atoms with E-state index in [4.69, 9.17) is 14.5 Å². The molecule has 0 radical (unpaired) electrons. The second-order valence-electron chi connectivity index (χ2n) is 10.5. The summed E-state index contributed by atoms with van der Waals surface area (Å²) in [5, 5.41) is 9.20. The van der Waals surface area contributed by atoms with Crippen molar-refractivity contribution in [2.75, 3.05) is 20.3 Å². The van der Waals surface area contributed by atoms with Gasteiger partial charge in [-0.25, -0.2) is 9.79 Å². The van der Waals surface area contributed by atoms with Crippen molar-refractivity contribution in [3.63, 3.8) is 0 Å². The average Bonchev–Trinajstić information content (AvgIpc) is 2.88. The van der Waals surface area contributed by atoms with Crippen molar-refractivity contribution in [1.82, 2.24) is 16.0 Å². The number of methoxy groups -OCH3 is 1. The van der Waals surface area contributed by atoms with E-state index in [1.807, 2.05) is 51.1 Å². The zero-order valence-corrected chi connectivity index (χ0v) is 22.6. The number of ether oxygens (including phenoxy) is 2. The predicted octanol–water partition coefficient (Wildman–Crippen LogP) is 4.80. The molecule has 0 unspecified atom stereocenters. The number of para-hydroxylation sites is 1. The predicted molar refractivity (Wildman–Crippen MR) is 146 cm³/mol. The van der Waals surface area contributed by atoms with Crippen molar-refractivity contribution in [1.29, 1.82) is 0 Å². The average molecular weight is 509 g/mol. The van der Waals surface area contributed by atoms with Gasteiger partial charge in [0.25, 0.3) is 5.91 Å². The molecule has 1 fully saturated rings. The molecule has 2 amide bonds. The number of benzene rings is 2. The minimum absolute atomic E-state index is 0.0357. The molecule has 200 valence electrons. The summed E-state index contributed by atoms with van der Waals surface area (Å²) in [6, 6.07) is 17.6. The van der Waals surface area contributed by atoms with E-state index in [0.29, 0.717) is 23.8 Å². The number of nitrogens with one attached hydrogen (secondary N) is 3. The quantitative estimate of drug-likeness (QED) is 0.369. The Labute approximate surface area is 220 Å². The maximum atomic E-state index is 13.1. The Hall–Kier alpha value is -3.55. The fraction of sp³-hybridized carbons (Fsp3) is 0.483. The summed E-state index contributed by atoms with van der Waals surface area (Å²) in [7, 11) is 1.57. The van der Waals surface area contributed by atoms with Gasteiger partial charge < -0.3 is 20.1 Å². The van der Waals surface area contributed by atoms with E-state index >= 15 is 0 Å². The van der Waals surface area contributed by atoms with Crippen molar-refractivity contribution in [3.8, 4) is 5.75 Å². The molecule has 0 heterocycles. The Kier molecular flexibility index (Phi) is 9.55. The first-order valence-corrected chi connectivity index (χ1v) is 12.9. The molecule has 2 aromatic carbocycles. The van der Waals surface area contributed by atoms with Crippen LogP contribution in [0.25, 0.3) is 0 Å². The van der Waals surface area contributed by atoms with E-state index in [2.05, 4.69) is 28.1 Å². The zero-order chi connectivity index (χ0) is 26.9. The summed E-state index contributed by atoms with van der Waals surface area (Å²) in [6.45, 7) is 8.62. The molecule has 1 aliphatic carbocycles. The van der Waals surface area contributed by atoms with Crippen LogP contribution in [0.2, 0.25) is 0 Å². The molecular weight excluding hydrogens is 468 g/mol. The van der Waals surface area contributed by atoms with Crippen LogP contribution in [0.1, 0.15) is 69.3 Å². The Balaban J connectivity index is 1.76. The second kappa shape index (κ2) is 12.6. The van der Waals surface area contributed by atoms with Crippen LogP contribution < -0.4 is 20.7 Å². The monoisotopic (exact) mass is 508 g/mol. The van der Waals surface area contributed by atoms with Crippen molar-refractivity contribution < 1.29 is 19.1 Å². The number of amides is 2. The minimum atomic E-state index is -0.522. The van der Waals surface area contributed by atoms with Crippen molar-refractivity contribution in [2.45, 2.75) is 70.4 Å². The normalized spacial score (nSPS) is 20.0. The Morgan fingerprint density at radius 3 is 2.30 bits per heavy atom. The molecule has 1 saturated carbocycles. The standard InChI is InChI=1S/C29H40N4O4/c1-6-37-27(35)32-26(33-28(2,3)4)31-22-16-18-29(19-17-22,21-12-8-7-9-13-21)20-30-25(34)23-14-10-11-15-24(23)36-5/h7-15,22H,6,16-20H2,1-5H3,(H,30,34)(H2,31,32,33,35).